The van der Waals surface area contributed by atoms with Crippen LogP contribution in [0.5, 0.6) is 0 Å². The van der Waals surface area contributed by atoms with Crippen molar-refractivity contribution >= 4 is 17.4 Å². The first-order chi connectivity index (χ1) is 12.6. The van der Waals surface area contributed by atoms with Gasteiger partial charge in [-0.15, -0.1) is 11.6 Å². The van der Waals surface area contributed by atoms with Crippen LogP contribution in [-0.4, -0.2) is 5.78 Å². The predicted octanol–water partition coefficient (Wildman–Crippen LogP) is 5.94. The number of benzene rings is 2. The normalized spacial score (nSPS) is 21.0. The fraction of sp³-hybridized carbons (Fsp3) is 0.391. The Morgan fingerprint density at radius 1 is 1.08 bits per heavy atom. The number of hydrogen-bond acceptors (Lipinski definition) is 2. The summed E-state index contributed by atoms with van der Waals surface area (Å²) in [6, 6.07) is 18.4. The third-order valence-corrected chi connectivity index (χ3v) is 5.98. The molecule has 1 atom stereocenters. The molecule has 0 N–H and O–H groups in total. The van der Waals surface area contributed by atoms with E-state index in [-0.39, 0.29) is 11.3 Å². The van der Waals surface area contributed by atoms with Gasteiger partial charge in [-0.2, -0.15) is 5.26 Å². The largest absolute Gasteiger partial charge is 0.300 e. The van der Waals surface area contributed by atoms with Crippen LogP contribution in [0.1, 0.15) is 66.2 Å². The maximum Gasteiger partial charge on any atom is 0.132 e. The van der Waals surface area contributed by atoms with E-state index in [1.807, 2.05) is 24.3 Å². The molecule has 134 valence electrons. The fourth-order valence-corrected chi connectivity index (χ4v) is 4.17. The average molecular weight is 366 g/mol. The molecule has 0 heterocycles. The van der Waals surface area contributed by atoms with Crippen LogP contribution < -0.4 is 0 Å². The summed E-state index contributed by atoms with van der Waals surface area (Å²) in [6.45, 7) is 1.72. The summed E-state index contributed by atoms with van der Waals surface area (Å²) >= 11 is 6.60. The molecule has 1 aliphatic carbocycles. The number of carbonyl (C=O) groups is 1. The Balaban J connectivity index is 1.60. The number of halogens is 1. The highest BCUT2D eigenvalue weighted by Gasteiger charge is 2.24. The van der Waals surface area contributed by atoms with Gasteiger partial charge in [-0.1, -0.05) is 36.4 Å². The number of nitriles is 1. The van der Waals surface area contributed by atoms with Gasteiger partial charge in [0.25, 0.3) is 0 Å². The number of alkyl halides is 1. The molecule has 1 unspecified atom stereocenters. The van der Waals surface area contributed by atoms with E-state index < -0.39 is 0 Å². The lowest BCUT2D eigenvalue weighted by molar-refractivity contribution is -0.121. The zero-order chi connectivity index (χ0) is 18.5. The highest BCUT2D eigenvalue weighted by atomic mass is 35.5. The molecule has 3 rings (SSSR count). The van der Waals surface area contributed by atoms with Gasteiger partial charge >= 0.3 is 0 Å². The number of nitrogens with zero attached hydrogens (tertiary/aromatic N) is 1. The molecule has 2 aromatic carbocycles. The van der Waals surface area contributed by atoms with Crippen LogP contribution in [0.2, 0.25) is 0 Å². The number of ketones is 1. The molecule has 0 amide bonds. The molecule has 1 fully saturated rings. The smallest absolute Gasteiger partial charge is 0.132 e. The van der Waals surface area contributed by atoms with E-state index in [4.69, 9.17) is 16.9 Å². The number of Topliss-reactive ketones (excluding diaryl/α,β-unsaturated/α-hetero) is 1. The topological polar surface area (TPSA) is 40.9 Å². The van der Waals surface area contributed by atoms with Gasteiger partial charge in [0.2, 0.25) is 0 Å². The van der Waals surface area contributed by atoms with Gasteiger partial charge in [0, 0.05) is 5.92 Å². The molecule has 0 aromatic heterocycles. The quantitative estimate of drug-likeness (QED) is 0.615. The molecule has 1 saturated carbocycles. The number of hydrogen-bond donors (Lipinski definition) is 0. The highest BCUT2D eigenvalue weighted by molar-refractivity contribution is 6.20. The van der Waals surface area contributed by atoms with Crippen LogP contribution >= 0.6 is 11.6 Å². The molecule has 0 saturated heterocycles. The van der Waals surface area contributed by atoms with Gasteiger partial charge < -0.3 is 0 Å². The summed E-state index contributed by atoms with van der Waals surface area (Å²) in [5, 5.41) is 8.79. The first-order valence-electron chi connectivity index (χ1n) is 9.30. The van der Waals surface area contributed by atoms with Gasteiger partial charge in [0.15, 0.2) is 0 Å². The van der Waals surface area contributed by atoms with Crippen molar-refractivity contribution in [1.82, 2.24) is 0 Å². The number of rotatable bonds is 5. The molecule has 0 bridgehead atoms. The van der Waals surface area contributed by atoms with E-state index in [2.05, 4.69) is 30.3 Å². The van der Waals surface area contributed by atoms with Crippen molar-refractivity contribution in [2.45, 2.75) is 50.3 Å². The molecule has 2 aromatic rings. The number of carbonyl (C=O) groups excluding carboxylic acids is 1. The van der Waals surface area contributed by atoms with E-state index in [9.17, 15) is 4.79 Å². The summed E-state index contributed by atoms with van der Waals surface area (Å²) in [6.07, 6.45) is 4.96. The van der Waals surface area contributed by atoms with Crippen molar-refractivity contribution in [3.8, 4) is 6.07 Å². The monoisotopic (exact) mass is 365 g/mol. The summed E-state index contributed by atoms with van der Waals surface area (Å²) < 4.78 is 0. The molecule has 1 aliphatic rings. The second-order valence-corrected chi connectivity index (χ2v) is 7.83. The molecule has 0 spiro atoms. The van der Waals surface area contributed by atoms with Gasteiger partial charge in [-0.05, 0) is 73.8 Å². The van der Waals surface area contributed by atoms with Crippen molar-refractivity contribution in [2.24, 2.45) is 5.92 Å². The van der Waals surface area contributed by atoms with Crippen molar-refractivity contribution < 1.29 is 4.79 Å². The summed E-state index contributed by atoms with van der Waals surface area (Å²) in [5.41, 5.74) is 4.29. The standard InChI is InChI=1S/C23H24ClNO/c1-16(26)19-6-8-20(9-7-19)21-10-12-22(13-11-21)23(24)14-17-2-4-18(15-25)5-3-17/h2-5,10-13,19-20,23H,6-9,14H2,1H3. The lowest BCUT2D eigenvalue weighted by Crippen LogP contribution is -2.18. The summed E-state index contributed by atoms with van der Waals surface area (Å²) in [7, 11) is 0. The van der Waals surface area contributed by atoms with E-state index in [1.165, 1.54) is 5.56 Å². The van der Waals surface area contributed by atoms with Crippen LogP contribution in [0.15, 0.2) is 48.5 Å². The third-order valence-electron chi connectivity index (χ3n) is 5.57. The maximum atomic E-state index is 11.5. The molecule has 26 heavy (non-hydrogen) atoms. The maximum absolute atomic E-state index is 11.5. The molecule has 3 heteroatoms. The molecule has 0 aliphatic heterocycles. The van der Waals surface area contributed by atoms with E-state index in [0.717, 1.165) is 43.2 Å². The Kier molecular flexibility index (Phi) is 6.12. The average Bonchev–Trinajstić information content (AvgIpc) is 2.69. The third kappa shape index (κ3) is 4.54. The Labute approximate surface area is 160 Å². The van der Waals surface area contributed by atoms with Gasteiger partial charge in [0.1, 0.15) is 5.78 Å². The van der Waals surface area contributed by atoms with Crippen molar-refractivity contribution in [1.29, 1.82) is 5.26 Å². The lowest BCUT2D eigenvalue weighted by atomic mass is 9.77. The predicted molar refractivity (Wildman–Crippen MR) is 105 cm³/mol. The Morgan fingerprint density at radius 2 is 1.69 bits per heavy atom. The van der Waals surface area contributed by atoms with Crippen molar-refractivity contribution in [3.05, 3.63) is 70.8 Å². The summed E-state index contributed by atoms with van der Waals surface area (Å²) in [5.74, 6) is 1.17. The van der Waals surface area contributed by atoms with Crippen LogP contribution in [-0.2, 0) is 11.2 Å². The van der Waals surface area contributed by atoms with Crippen molar-refractivity contribution in [3.63, 3.8) is 0 Å². The molecular weight excluding hydrogens is 342 g/mol. The van der Waals surface area contributed by atoms with Crippen LogP contribution in [0, 0.1) is 17.2 Å². The highest BCUT2D eigenvalue weighted by Crippen LogP contribution is 2.37. The zero-order valence-corrected chi connectivity index (χ0v) is 15.9. The van der Waals surface area contributed by atoms with Gasteiger partial charge in [0.05, 0.1) is 17.0 Å². The Bertz CT molecular complexity index is 780. The minimum absolute atomic E-state index is 0.0783. The molecule has 2 nitrogen and oxygen atoms in total. The molecule has 0 radical (unpaired) electrons. The first-order valence-corrected chi connectivity index (χ1v) is 9.74. The van der Waals surface area contributed by atoms with E-state index >= 15 is 0 Å². The second-order valence-electron chi connectivity index (χ2n) is 7.31. The van der Waals surface area contributed by atoms with E-state index in [1.54, 1.807) is 6.92 Å². The second kappa shape index (κ2) is 8.52. The van der Waals surface area contributed by atoms with E-state index in [0.29, 0.717) is 17.3 Å². The van der Waals surface area contributed by atoms with Crippen LogP contribution in [0.4, 0.5) is 0 Å². The van der Waals surface area contributed by atoms with Gasteiger partial charge in [-0.25, -0.2) is 0 Å². The van der Waals surface area contributed by atoms with Gasteiger partial charge in [-0.3, -0.25) is 4.79 Å². The van der Waals surface area contributed by atoms with Crippen LogP contribution in [0.25, 0.3) is 0 Å². The SMILES string of the molecule is CC(=O)C1CCC(c2ccc(C(Cl)Cc3ccc(C#N)cc3)cc2)CC1. The van der Waals surface area contributed by atoms with Crippen LogP contribution in [0.3, 0.4) is 0 Å². The summed E-state index contributed by atoms with van der Waals surface area (Å²) in [4.78, 5) is 11.5. The Morgan fingerprint density at radius 3 is 2.23 bits per heavy atom. The first kappa shape index (κ1) is 18.7. The zero-order valence-electron chi connectivity index (χ0n) is 15.1. The molecular formula is C23H24ClNO. The lowest BCUT2D eigenvalue weighted by Gasteiger charge is -2.27. The minimum atomic E-state index is -0.0783. The fourth-order valence-electron chi connectivity index (χ4n) is 3.85. The Hall–Kier alpha value is -2.11. The minimum Gasteiger partial charge on any atom is -0.300 e. The van der Waals surface area contributed by atoms with Crippen molar-refractivity contribution in [2.75, 3.05) is 0 Å².